The van der Waals surface area contributed by atoms with Crippen LogP contribution >= 0.6 is 15.9 Å². The van der Waals surface area contributed by atoms with Gasteiger partial charge in [-0.2, -0.15) is 0 Å². The molecule has 2 rings (SSSR count). The number of carbonyl (C=O) groups excluding carboxylic acids is 2. The maximum Gasteiger partial charge on any atom is 0.321 e. The van der Waals surface area contributed by atoms with Gasteiger partial charge in [-0.3, -0.25) is 19.5 Å². The number of benzene rings is 1. The summed E-state index contributed by atoms with van der Waals surface area (Å²) in [6.45, 7) is 4.30. The third-order valence-corrected chi connectivity index (χ3v) is 3.85. The lowest BCUT2D eigenvalue weighted by Crippen LogP contribution is -2.42. The van der Waals surface area contributed by atoms with Crippen LogP contribution < -0.4 is 16.2 Å². The first kappa shape index (κ1) is 18.1. The molecule has 1 aromatic heterocycles. The molecule has 2 N–H and O–H groups in total. The van der Waals surface area contributed by atoms with Crippen LogP contribution in [0.25, 0.3) is 10.9 Å². The summed E-state index contributed by atoms with van der Waals surface area (Å²) in [5, 5.41) is 5.21. The van der Waals surface area contributed by atoms with Gasteiger partial charge in [-0.05, 0) is 30.5 Å². The molecule has 0 saturated heterocycles. The molecule has 128 valence electrons. The van der Waals surface area contributed by atoms with Crippen molar-refractivity contribution >= 4 is 38.8 Å². The van der Waals surface area contributed by atoms with Crippen LogP contribution in [-0.2, 0) is 11.3 Å². The number of rotatable bonds is 5. The number of imide groups is 1. The minimum Gasteiger partial charge on any atom is -0.338 e. The number of halogens is 1. The standard InChI is InChI=1S/C16H19BrN4O3/c1-10(2)5-6-18-16(24)20-14(22)8-21-9-19-13-4-3-11(17)7-12(13)15(21)23/h3-4,7,9-10H,5-6,8H2,1-2H3,(H2,18,20,22,24). The summed E-state index contributed by atoms with van der Waals surface area (Å²) in [4.78, 5) is 40.0. The van der Waals surface area contributed by atoms with Gasteiger partial charge in [-0.1, -0.05) is 29.8 Å². The van der Waals surface area contributed by atoms with Crippen molar-refractivity contribution in [2.24, 2.45) is 5.92 Å². The Labute approximate surface area is 147 Å². The second-order valence-electron chi connectivity index (χ2n) is 5.83. The van der Waals surface area contributed by atoms with Gasteiger partial charge in [0.05, 0.1) is 17.2 Å². The molecule has 0 fully saturated rings. The van der Waals surface area contributed by atoms with Gasteiger partial charge in [-0.15, -0.1) is 0 Å². The molecule has 0 atom stereocenters. The number of hydrogen-bond acceptors (Lipinski definition) is 4. The third kappa shape index (κ3) is 4.89. The van der Waals surface area contributed by atoms with Crippen molar-refractivity contribution < 1.29 is 9.59 Å². The normalized spacial score (nSPS) is 10.8. The number of urea groups is 1. The van der Waals surface area contributed by atoms with Crippen LogP contribution in [0.3, 0.4) is 0 Å². The van der Waals surface area contributed by atoms with E-state index in [1.807, 2.05) is 13.8 Å². The van der Waals surface area contributed by atoms with Gasteiger partial charge in [0.25, 0.3) is 5.56 Å². The fourth-order valence-corrected chi connectivity index (χ4v) is 2.44. The van der Waals surface area contributed by atoms with Crippen LogP contribution in [0.15, 0.2) is 33.8 Å². The first-order valence-corrected chi connectivity index (χ1v) is 8.38. The van der Waals surface area contributed by atoms with E-state index >= 15 is 0 Å². The van der Waals surface area contributed by atoms with E-state index in [4.69, 9.17) is 0 Å². The molecule has 24 heavy (non-hydrogen) atoms. The summed E-state index contributed by atoms with van der Waals surface area (Å²) in [6, 6.07) is 4.59. The molecule has 1 heterocycles. The Hall–Kier alpha value is -2.22. The van der Waals surface area contributed by atoms with Gasteiger partial charge in [0.15, 0.2) is 0 Å². The van der Waals surface area contributed by atoms with E-state index in [1.165, 1.54) is 10.9 Å². The fourth-order valence-electron chi connectivity index (χ4n) is 2.08. The summed E-state index contributed by atoms with van der Waals surface area (Å²) in [5.41, 5.74) is 0.211. The molecule has 0 aliphatic carbocycles. The Bertz CT molecular complexity index is 817. The van der Waals surface area contributed by atoms with E-state index < -0.39 is 11.9 Å². The van der Waals surface area contributed by atoms with Crippen molar-refractivity contribution in [2.45, 2.75) is 26.8 Å². The Morgan fingerprint density at radius 1 is 1.33 bits per heavy atom. The molecule has 0 aliphatic rings. The van der Waals surface area contributed by atoms with Crippen molar-refractivity contribution in [2.75, 3.05) is 6.54 Å². The molecule has 1 aromatic carbocycles. The highest BCUT2D eigenvalue weighted by atomic mass is 79.9. The predicted molar refractivity (Wildman–Crippen MR) is 94.7 cm³/mol. The molecule has 0 saturated carbocycles. The largest absolute Gasteiger partial charge is 0.338 e. The third-order valence-electron chi connectivity index (χ3n) is 3.36. The summed E-state index contributed by atoms with van der Waals surface area (Å²) in [7, 11) is 0. The Balaban J connectivity index is 2.01. The summed E-state index contributed by atoms with van der Waals surface area (Å²) >= 11 is 3.30. The maximum absolute atomic E-state index is 12.4. The maximum atomic E-state index is 12.4. The number of hydrogen-bond donors (Lipinski definition) is 2. The first-order chi connectivity index (χ1) is 11.4. The van der Waals surface area contributed by atoms with Crippen LogP contribution in [-0.4, -0.2) is 28.0 Å². The molecule has 2 aromatic rings. The molecule has 0 radical (unpaired) electrons. The van der Waals surface area contributed by atoms with Gasteiger partial charge in [0.1, 0.15) is 6.54 Å². The summed E-state index contributed by atoms with van der Waals surface area (Å²) in [6.07, 6.45) is 2.12. The predicted octanol–water partition coefficient (Wildman–Crippen LogP) is 2.03. The topological polar surface area (TPSA) is 93.1 Å². The van der Waals surface area contributed by atoms with Crippen LogP contribution in [0, 0.1) is 5.92 Å². The monoisotopic (exact) mass is 394 g/mol. The number of amides is 3. The van der Waals surface area contributed by atoms with E-state index in [2.05, 4.69) is 31.5 Å². The Morgan fingerprint density at radius 3 is 2.79 bits per heavy atom. The van der Waals surface area contributed by atoms with E-state index in [0.29, 0.717) is 23.4 Å². The number of aromatic nitrogens is 2. The molecule has 7 nitrogen and oxygen atoms in total. The quantitative estimate of drug-likeness (QED) is 0.810. The Morgan fingerprint density at radius 2 is 2.08 bits per heavy atom. The molecule has 3 amide bonds. The zero-order chi connectivity index (χ0) is 17.7. The fraction of sp³-hybridized carbons (Fsp3) is 0.375. The second-order valence-corrected chi connectivity index (χ2v) is 6.74. The second kappa shape index (κ2) is 8.05. The number of nitrogens with zero attached hydrogens (tertiary/aromatic N) is 2. The molecule has 0 spiro atoms. The lowest BCUT2D eigenvalue weighted by Gasteiger charge is -2.09. The van der Waals surface area contributed by atoms with Crippen molar-refractivity contribution in [1.29, 1.82) is 0 Å². The van der Waals surface area contributed by atoms with E-state index in [1.54, 1.807) is 18.2 Å². The zero-order valence-corrected chi connectivity index (χ0v) is 15.1. The van der Waals surface area contributed by atoms with Crippen molar-refractivity contribution in [3.63, 3.8) is 0 Å². The lowest BCUT2D eigenvalue weighted by molar-refractivity contribution is -0.120. The molecular formula is C16H19BrN4O3. The summed E-state index contributed by atoms with van der Waals surface area (Å²) in [5.74, 6) is -0.113. The molecular weight excluding hydrogens is 376 g/mol. The van der Waals surface area contributed by atoms with Crippen molar-refractivity contribution in [1.82, 2.24) is 20.2 Å². The van der Waals surface area contributed by atoms with Gasteiger partial charge in [0, 0.05) is 11.0 Å². The van der Waals surface area contributed by atoms with Crippen molar-refractivity contribution in [3.8, 4) is 0 Å². The highest BCUT2D eigenvalue weighted by molar-refractivity contribution is 9.10. The van der Waals surface area contributed by atoms with Crippen LogP contribution in [0.5, 0.6) is 0 Å². The SMILES string of the molecule is CC(C)CCNC(=O)NC(=O)Cn1cnc2ccc(Br)cc2c1=O. The van der Waals surface area contributed by atoms with Crippen LogP contribution in [0.4, 0.5) is 4.79 Å². The average Bonchev–Trinajstić information content (AvgIpc) is 2.50. The highest BCUT2D eigenvalue weighted by Crippen LogP contribution is 2.14. The molecule has 0 aliphatic heterocycles. The van der Waals surface area contributed by atoms with Gasteiger partial charge < -0.3 is 5.32 Å². The minimum atomic E-state index is -0.574. The lowest BCUT2D eigenvalue weighted by atomic mass is 10.1. The minimum absolute atomic E-state index is 0.272. The zero-order valence-electron chi connectivity index (χ0n) is 13.5. The van der Waals surface area contributed by atoms with E-state index in [0.717, 1.165) is 10.9 Å². The number of carbonyl (C=O) groups is 2. The van der Waals surface area contributed by atoms with Gasteiger partial charge >= 0.3 is 6.03 Å². The van der Waals surface area contributed by atoms with E-state index in [9.17, 15) is 14.4 Å². The average molecular weight is 395 g/mol. The van der Waals surface area contributed by atoms with Crippen LogP contribution in [0.2, 0.25) is 0 Å². The molecule has 0 unspecified atom stereocenters. The van der Waals surface area contributed by atoms with Gasteiger partial charge in [0.2, 0.25) is 5.91 Å². The van der Waals surface area contributed by atoms with Crippen molar-refractivity contribution in [3.05, 3.63) is 39.4 Å². The molecule has 8 heteroatoms. The number of fused-ring (bicyclic) bond motifs is 1. The Kier molecular flexibility index (Phi) is 6.08. The smallest absolute Gasteiger partial charge is 0.321 e. The number of nitrogens with one attached hydrogen (secondary N) is 2. The van der Waals surface area contributed by atoms with Crippen LogP contribution in [0.1, 0.15) is 20.3 Å². The van der Waals surface area contributed by atoms with E-state index in [-0.39, 0.29) is 12.1 Å². The summed E-state index contributed by atoms with van der Waals surface area (Å²) < 4.78 is 1.92. The first-order valence-electron chi connectivity index (χ1n) is 7.59. The molecule has 0 bridgehead atoms. The highest BCUT2D eigenvalue weighted by Gasteiger charge is 2.11. The van der Waals surface area contributed by atoms with Gasteiger partial charge in [-0.25, -0.2) is 9.78 Å².